The number of aliphatic carboxylic acids is 1. The molecule has 0 bridgehead atoms. The summed E-state index contributed by atoms with van der Waals surface area (Å²) in [6.45, 7) is 0. The van der Waals surface area contributed by atoms with Crippen LogP contribution in [0.3, 0.4) is 0 Å². The zero-order chi connectivity index (χ0) is 11.2. The van der Waals surface area contributed by atoms with Gasteiger partial charge in [-0.1, -0.05) is 24.3 Å². The largest absolute Gasteiger partial charge is 0.481 e. The number of carbonyl (C=O) groups is 1. The van der Waals surface area contributed by atoms with Crippen LogP contribution in [0.5, 0.6) is 0 Å². The van der Waals surface area contributed by atoms with Crippen LogP contribution in [-0.4, -0.2) is 16.1 Å². The molecule has 0 unspecified atom stereocenters. The van der Waals surface area contributed by atoms with Crippen molar-refractivity contribution in [2.45, 2.75) is 18.3 Å². The Morgan fingerprint density at radius 2 is 2.00 bits per heavy atom. The minimum absolute atomic E-state index is 0.698. The number of carboxylic acids is 1. The van der Waals surface area contributed by atoms with Crippen LogP contribution in [-0.2, 0) is 10.2 Å². The zero-order valence-corrected chi connectivity index (χ0v) is 8.68. The van der Waals surface area contributed by atoms with Gasteiger partial charge in [0.1, 0.15) is 5.41 Å². The van der Waals surface area contributed by atoms with Gasteiger partial charge in [0, 0.05) is 11.6 Å². The Labute approximate surface area is 92.7 Å². The van der Waals surface area contributed by atoms with Crippen molar-refractivity contribution in [3.05, 3.63) is 42.2 Å². The summed E-state index contributed by atoms with van der Waals surface area (Å²) in [6.07, 6.45) is 3.09. The number of aromatic nitrogens is 1. The Morgan fingerprint density at radius 3 is 2.69 bits per heavy atom. The third-order valence-corrected chi connectivity index (χ3v) is 3.29. The molecule has 3 nitrogen and oxygen atoms in total. The molecule has 1 aliphatic rings. The number of hydrogen-bond acceptors (Lipinski definition) is 2. The van der Waals surface area contributed by atoms with Crippen LogP contribution in [0.1, 0.15) is 18.5 Å². The van der Waals surface area contributed by atoms with Gasteiger partial charge in [0.25, 0.3) is 0 Å². The summed E-state index contributed by atoms with van der Waals surface area (Å²) in [5, 5.41) is 11.3. The van der Waals surface area contributed by atoms with Crippen LogP contribution in [0.2, 0.25) is 0 Å². The van der Waals surface area contributed by atoms with Gasteiger partial charge in [0.05, 0.1) is 5.69 Å². The maximum absolute atomic E-state index is 11.3. The van der Waals surface area contributed by atoms with Gasteiger partial charge < -0.3 is 5.11 Å². The average Bonchev–Trinajstić information content (AvgIpc) is 3.09. The van der Waals surface area contributed by atoms with Gasteiger partial charge in [0.2, 0.25) is 0 Å². The lowest BCUT2D eigenvalue weighted by molar-refractivity contribution is -0.140. The molecular weight excluding hydrogens is 202 g/mol. The van der Waals surface area contributed by atoms with Crippen molar-refractivity contribution in [3.63, 3.8) is 0 Å². The van der Waals surface area contributed by atoms with E-state index >= 15 is 0 Å². The van der Waals surface area contributed by atoms with Gasteiger partial charge in [-0.2, -0.15) is 0 Å². The van der Waals surface area contributed by atoms with E-state index in [1.807, 2.05) is 30.3 Å². The molecule has 3 heteroatoms. The predicted octanol–water partition coefficient (Wildman–Crippen LogP) is 2.35. The Morgan fingerprint density at radius 1 is 1.25 bits per heavy atom. The molecule has 16 heavy (non-hydrogen) atoms. The van der Waals surface area contributed by atoms with Crippen molar-refractivity contribution < 1.29 is 9.90 Å². The fraction of sp³-hybridized carbons (Fsp3) is 0.231. The quantitative estimate of drug-likeness (QED) is 0.833. The predicted molar refractivity (Wildman–Crippen MR) is 60.3 cm³/mol. The zero-order valence-electron chi connectivity index (χ0n) is 8.68. The first-order valence-corrected chi connectivity index (χ1v) is 5.32. The molecule has 1 aliphatic carbocycles. The topological polar surface area (TPSA) is 50.2 Å². The molecule has 80 valence electrons. The lowest BCUT2D eigenvalue weighted by Gasteiger charge is -2.11. The van der Waals surface area contributed by atoms with Crippen molar-refractivity contribution in [1.29, 1.82) is 0 Å². The molecule has 0 spiro atoms. The normalized spacial score (nSPS) is 17.2. The second-order valence-electron chi connectivity index (χ2n) is 4.27. The highest BCUT2D eigenvalue weighted by atomic mass is 16.4. The Kier molecular flexibility index (Phi) is 1.78. The molecule has 0 saturated heterocycles. The van der Waals surface area contributed by atoms with E-state index in [2.05, 4.69) is 4.98 Å². The molecule has 0 aliphatic heterocycles. The van der Waals surface area contributed by atoms with E-state index in [0.29, 0.717) is 12.8 Å². The molecular formula is C13H11NO2. The second-order valence-corrected chi connectivity index (χ2v) is 4.27. The van der Waals surface area contributed by atoms with Crippen LogP contribution < -0.4 is 0 Å². The maximum atomic E-state index is 11.3. The summed E-state index contributed by atoms with van der Waals surface area (Å²) in [5.74, 6) is -0.753. The van der Waals surface area contributed by atoms with Crippen molar-refractivity contribution >= 4 is 16.7 Å². The number of nitrogens with zero attached hydrogens (tertiary/aromatic N) is 1. The molecule has 3 rings (SSSR count). The molecule has 1 fully saturated rings. The summed E-state index contributed by atoms with van der Waals surface area (Å²) in [4.78, 5) is 15.6. The number of pyridine rings is 1. The Bertz CT molecular complexity index is 568. The molecule has 0 amide bonds. The first kappa shape index (κ1) is 9.33. The fourth-order valence-electron chi connectivity index (χ4n) is 2.18. The number of hydrogen-bond donors (Lipinski definition) is 1. The van der Waals surface area contributed by atoms with Crippen molar-refractivity contribution in [2.24, 2.45) is 0 Å². The number of benzene rings is 1. The van der Waals surface area contributed by atoms with E-state index in [-0.39, 0.29) is 0 Å². The fourth-order valence-corrected chi connectivity index (χ4v) is 2.18. The summed E-state index contributed by atoms with van der Waals surface area (Å²) in [7, 11) is 0. The maximum Gasteiger partial charge on any atom is 0.315 e. The first-order valence-electron chi connectivity index (χ1n) is 5.32. The molecule has 1 aromatic carbocycles. The lowest BCUT2D eigenvalue weighted by Crippen LogP contribution is -2.21. The van der Waals surface area contributed by atoms with Crippen LogP contribution >= 0.6 is 0 Å². The number of rotatable bonds is 2. The van der Waals surface area contributed by atoms with Crippen LogP contribution in [0, 0.1) is 0 Å². The van der Waals surface area contributed by atoms with Crippen LogP contribution in [0.15, 0.2) is 36.5 Å². The molecule has 2 aromatic rings. The third kappa shape index (κ3) is 1.14. The van der Waals surface area contributed by atoms with Gasteiger partial charge in [-0.05, 0) is 24.3 Å². The summed E-state index contributed by atoms with van der Waals surface area (Å²) >= 11 is 0. The Balaban J connectivity index is 2.29. The first-order chi connectivity index (χ1) is 7.74. The van der Waals surface area contributed by atoms with Gasteiger partial charge >= 0.3 is 5.97 Å². The van der Waals surface area contributed by atoms with E-state index in [4.69, 9.17) is 0 Å². The summed E-state index contributed by atoms with van der Waals surface area (Å²) < 4.78 is 0. The molecule has 0 atom stereocenters. The number of fused-ring (bicyclic) bond motifs is 1. The van der Waals surface area contributed by atoms with E-state index < -0.39 is 11.4 Å². The van der Waals surface area contributed by atoms with Gasteiger partial charge in [-0.3, -0.25) is 9.78 Å². The van der Waals surface area contributed by atoms with Crippen molar-refractivity contribution in [2.75, 3.05) is 0 Å². The SMILES string of the molecule is O=C(O)C1(c2nccc3ccccc23)CC1. The second kappa shape index (κ2) is 3.04. The molecule has 1 saturated carbocycles. The van der Waals surface area contributed by atoms with E-state index in [1.165, 1.54) is 0 Å². The highest BCUT2D eigenvalue weighted by molar-refractivity contribution is 5.93. The number of carboxylic acid groups (broad SMARTS) is 1. The standard InChI is InChI=1S/C13H11NO2/c15-12(16)13(6-7-13)11-10-4-2-1-3-9(10)5-8-14-11/h1-5,8H,6-7H2,(H,15,16). The summed E-state index contributed by atoms with van der Waals surface area (Å²) in [5.41, 5.74) is -0.000903. The van der Waals surface area contributed by atoms with Crippen LogP contribution in [0.25, 0.3) is 10.8 Å². The van der Waals surface area contributed by atoms with Crippen LogP contribution in [0.4, 0.5) is 0 Å². The molecule has 0 radical (unpaired) electrons. The smallest absolute Gasteiger partial charge is 0.315 e. The molecule has 1 heterocycles. The average molecular weight is 213 g/mol. The Hall–Kier alpha value is -1.90. The van der Waals surface area contributed by atoms with Crippen molar-refractivity contribution in [3.8, 4) is 0 Å². The van der Waals surface area contributed by atoms with Gasteiger partial charge in [0.15, 0.2) is 0 Å². The minimum atomic E-state index is -0.753. The van der Waals surface area contributed by atoms with E-state index in [0.717, 1.165) is 16.5 Å². The summed E-state index contributed by atoms with van der Waals surface area (Å²) in [6, 6.07) is 9.72. The highest BCUT2D eigenvalue weighted by Gasteiger charge is 2.53. The minimum Gasteiger partial charge on any atom is -0.481 e. The van der Waals surface area contributed by atoms with Gasteiger partial charge in [-0.15, -0.1) is 0 Å². The van der Waals surface area contributed by atoms with E-state index in [9.17, 15) is 9.90 Å². The van der Waals surface area contributed by atoms with Crippen molar-refractivity contribution in [1.82, 2.24) is 4.98 Å². The van der Waals surface area contributed by atoms with Gasteiger partial charge in [-0.25, -0.2) is 0 Å². The van der Waals surface area contributed by atoms with E-state index in [1.54, 1.807) is 6.20 Å². The molecule has 1 N–H and O–H groups in total. The molecule has 1 aromatic heterocycles. The third-order valence-electron chi connectivity index (χ3n) is 3.29. The highest BCUT2D eigenvalue weighted by Crippen LogP contribution is 2.49. The lowest BCUT2D eigenvalue weighted by atomic mass is 9.96. The monoisotopic (exact) mass is 213 g/mol.